The molecule has 3 rings (SSSR count). The Balaban J connectivity index is 0.00000243. The lowest BCUT2D eigenvalue weighted by Gasteiger charge is -2.33. The number of halogens is 2. The van der Waals surface area contributed by atoms with E-state index in [0.717, 1.165) is 43.2 Å². The van der Waals surface area contributed by atoms with Crippen molar-refractivity contribution >= 4 is 53.2 Å². The Morgan fingerprint density at radius 3 is 2.77 bits per heavy atom. The van der Waals surface area contributed by atoms with Crippen molar-refractivity contribution in [2.24, 2.45) is 10.9 Å². The summed E-state index contributed by atoms with van der Waals surface area (Å²) in [6.45, 7) is 2.13. The van der Waals surface area contributed by atoms with Crippen molar-refractivity contribution in [1.82, 2.24) is 19.6 Å². The fourth-order valence-electron chi connectivity index (χ4n) is 3.10. The van der Waals surface area contributed by atoms with E-state index < -0.39 is 0 Å². The Morgan fingerprint density at radius 1 is 1.38 bits per heavy atom. The highest BCUT2D eigenvalue weighted by Crippen LogP contribution is 2.18. The lowest BCUT2D eigenvalue weighted by molar-refractivity contribution is -0.146. The second-order valence-electron chi connectivity index (χ2n) is 6.03. The Bertz CT molecular complexity index is 787. The molecular formula is C17H23ClIN5O2. The molecule has 0 spiro atoms. The van der Waals surface area contributed by atoms with Gasteiger partial charge in [0, 0.05) is 32.5 Å². The van der Waals surface area contributed by atoms with E-state index in [-0.39, 0.29) is 35.9 Å². The molecule has 1 N–H and O–H groups in total. The molecule has 0 amide bonds. The second kappa shape index (κ2) is 9.40. The molecule has 0 radical (unpaired) electrons. The minimum absolute atomic E-state index is 0. The van der Waals surface area contributed by atoms with Crippen LogP contribution in [0.3, 0.4) is 0 Å². The number of hydrogen-bond donors (Lipinski definition) is 1. The minimum atomic E-state index is -0.119. The molecular weight excluding hydrogens is 469 g/mol. The number of pyridine rings is 1. The van der Waals surface area contributed by atoms with Gasteiger partial charge in [-0.3, -0.25) is 9.79 Å². The Kier molecular flexibility index (Phi) is 7.51. The lowest BCUT2D eigenvalue weighted by atomic mass is 9.97. The van der Waals surface area contributed by atoms with Gasteiger partial charge in [-0.1, -0.05) is 11.6 Å². The molecule has 9 heteroatoms. The van der Waals surface area contributed by atoms with Gasteiger partial charge in [-0.25, -0.2) is 4.98 Å². The Labute approximate surface area is 174 Å². The zero-order valence-electron chi connectivity index (χ0n) is 14.8. The monoisotopic (exact) mass is 491 g/mol. The normalized spacial score (nSPS) is 15.7. The van der Waals surface area contributed by atoms with Crippen molar-refractivity contribution in [3.63, 3.8) is 0 Å². The lowest BCUT2D eigenvalue weighted by Crippen LogP contribution is -2.46. The van der Waals surface area contributed by atoms with Crippen LogP contribution in [0.2, 0.25) is 5.02 Å². The van der Waals surface area contributed by atoms with Gasteiger partial charge in [0.05, 0.1) is 30.3 Å². The third-order valence-electron chi connectivity index (χ3n) is 4.43. The average molecular weight is 492 g/mol. The number of carbonyl (C=O) groups excluding carboxylic acids is 1. The molecule has 0 saturated carbocycles. The first-order valence-electron chi connectivity index (χ1n) is 8.27. The van der Waals surface area contributed by atoms with Crippen LogP contribution in [0.25, 0.3) is 5.65 Å². The van der Waals surface area contributed by atoms with Crippen molar-refractivity contribution in [2.75, 3.05) is 27.2 Å². The SMILES string of the molecule is CN=C(NCc1cn2cc(Cl)ccc2n1)N1CCC(C(=O)OC)CC1.I. The number of esters is 1. The van der Waals surface area contributed by atoms with Crippen LogP contribution in [-0.4, -0.2) is 53.5 Å². The van der Waals surface area contributed by atoms with E-state index in [9.17, 15) is 4.79 Å². The number of rotatable bonds is 3. The number of fused-ring (bicyclic) bond motifs is 1. The van der Waals surface area contributed by atoms with Crippen molar-refractivity contribution in [3.8, 4) is 0 Å². The smallest absolute Gasteiger partial charge is 0.308 e. The summed E-state index contributed by atoms with van der Waals surface area (Å²) in [5, 5.41) is 4.01. The maximum Gasteiger partial charge on any atom is 0.308 e. The molecule has 0 aromatic carbocycles. The van der Waals surface area contributed by atoms with Gasteiger partial charge >= 0.3 is 5.97 Å². The third-order valence-corrected chi connectivity index (χ3v) is 4.66. The predicted octanol–water partition coefficient (Wildman–Crippen LogP) is 2.57. The summed E-state index contributed by atoms with van der Waals surface area (Å²) in [4.78, 5) is 22.7. The van der Waals surface area contributed by atoms with Gasteiger partial charge in [-0.05, 0) is 25.0 Å². The van der Waals surface area contributed by atoms with E-state index in [2.05, 4.69) is 20.2 Å². The van der Waals surface area contributed by atoms with Gasteiger partial charge in [0.15, 0.2) is 5.96 Å². The summed E-state index contributed by atoms with van der Waals surface area (Å²) >= 11 is 6.00. The fourth-order valence-corrected chi connectivity index (χ4v) is 3.27. The van der Waals surface area contributed by atoms with E-state index in [1.54, 1.807) is 7.05 Å². The summed E-state index contributed by atoms with van der Waals surface area (Å²) in [6.07, 6.45) is 5.34. The van der Waals surface area contributed by atoms with Crippen molar-refractivity contribution in [1.29, 1.82) is 0 Å². The van der Waals surface area contributed by atoms with E-state index in [1.165, 1.54) is 7.11 Å². The molecule has 1 aliphatic heterocycles. The Hall–Kier alpha value is -1.55. The number of carbonyl (C=O) groups is 1. The number of piperidine rings is 1. The molecule has 0 bridgehead atoms. The molecule has 2 aromatic rings. The summed E-state index contributed by atoms with van der Waals surface area (Å²) < 4.78 is 6.74. The number of nitrogens with one attached hydrogen (secondary N) is 1. The Morgan fingerprint density at radius 2 is 2.12 bits per heavy atom. The highest BCUT2D eigenvalue weighted by molar-refractivity contribution is 14.0. The maximum atomic E-state index is 11.6. The molecule has 142 valence electrons. The summed E-state index contributed by atoms with van der Waals surface area (Å²) in [6, 6.07) is 3.71. The van der Waals surface area contributed by atoms with Gasteiger partial charge in [-0.15, -0.1) is 24.0 Å². The van der Waals surface area contributed by atoms with E-state index in [1.807, 2.05) is 28.9 Å². The number of methoxy groups -OCH3 is 1. The minimum Gasteiger partial charge on any atom is -0.469 e. The van der Waals surface area contributed by atoms with Crippen LogP contribution in [0.5, 0.6) is 0 Å². The van der Waals surface area contributed by atoms with Crippen molar-refractivity contribution in [2.45, 2.75) is 19.4 Å². The molecule has 7 nitrogen and oxygen atoms in total. The molecule has 0 atom stereocenters. The quantitative estimate of drug-likeness (QED) is 0.309. The highest BCUT2D eigenvalue weighted by Gasteiger charge is 2.26. The highest BCUT2D eigenvalue weighted by atomic mass is 127. The number of ether oxygens (including phenoxy) is 1. The average Bonchev–Trinajstić information content (AvgIpc) is 3.04. The first-order chi connectivity index (χ1) is 12.1. The number of likely N-dealkylation sites (tertiary alicyclic amines) is 1. The topological polar surface area (TPSA) is 71.2 Å². The standard InChI is InChI=1S/C17H22ClN5O2.HI/c1-19-17(22-7-5-12(6-8-22)16(24)25-2)20-9-14-11-23-10-13(18)3-4-15(23)21-14;/h3-4,10-12H,5-9H2,1-2H3,(H,19,20);1H. The molecule has 3 heterocycles. The van der Waals surface area contributed by atoms with Gasteiger partial charge in [0.1, 0.15) is 5.65 Å². The van der Waals surface area contributed by atoms with Crippen LogP contribution in [0.15, 0.2) is 29.5 Å². The predicted molar refractivity (Wildman–Crippen MR) is 112 cm³/mol. The van der Waals surface area contributed by atoms with E-state index in [0.29, 0.717) is 11.6 Å². The van der Waals surface area contributed by atoms with Crippen LogP contribution in [0.1, 0.15) is 18.5 Å². The van der Waals surface area contributed by atoms with E-state index >= 15 is 0 Å². The summed E-state index contributed by atoms with van der Waals surface area (Å²) in [5.74, 6) is 0.687. The van der Waals surface area contributed by atoms with Crippen LogP contribution in [0, 0.1) is 5.92 Å². The number of aromatic nitrogens is 2. The van der Waals surface area contributed by atoms with Gasteiger partial charge in [0.2, 0.25) is 0 Å². The van der Waals surface area contributed by atoms with Crippen LogP contribution in [0.4, 0.5) is 0 Å². The van der Waals surface area contributed by atoms with Crippen LogP contribution < -0.4 is 5.32 Å². The summed E-state index contributed by atoms with van der Waals surface area (Å²) in [7, 11) is 3.20. The third kappa shape index (κ3) is 4.79. The van der Waals surface area contributed by atoms with Crippen LogP contribution in [-0.2, 0) is 16.1 Å². The molecule has 1 fully saturated rings. The van der Waals surface area contributed by atoms with Gasteiger partial charge < -0.3 is 19.4 Å². The zero-order valence-corrected chi connectivity index (χ0v) is 17.9. The fraction of sp³-hybridized carbons (Fsp3) is 0.471. The maximum absolute atomic E-state index is 11.6. The number of aliphatic imine (C=N–C) groups is 1. The van der Waals surface area contributed by atoms with Crippen molar-refractivity contribution in [3.05, 3.63) is 35.2 Å². The van der Waals surface area contributed by atoms with E-state index in [4.69, 9.17) is 16.3 Å². The van der Waals surface area contributed by atoms with Gasteiger partial charge in [-0.2, -0.15) is 0 Å². The first kappa shape index (κ1) is 20.8. The molecule has 1 aliphatic rings. The van der Waals surface area contributed by atoms with Gasteiger partial charge in [0.25, 0.3) is 0 Å². The number of guanidine groups is 1. The van der Waals surface area contributed by atoms with Crippen LogP contribution >= 0.6 is 35.6 Å². The molecule has 0 aliphatic carbocycles. The summed E-state index contributed by atoms with van der Waals surface area (Å²) in [5.41, 5.74) is 1.77. The molecule has 2 aromatic heterocycles. The molecule has 1 saturated heterocycles. The largest absolute Gasteiger partial charge is 0.469 e. The zero-order chi connectivity index (χ0) is 17.8. The number of hydrogen-bond acceptors (Lipinski definition) is 4. The number of nitrogens with zero attached hydrogens (tertiary/aromatic N) is 4. The second-order valence-corrected chi connectivity index (χ2v) is 6.47. The molecule has 0 unspecified atom stereocenters. The van der Waals surface area contributed by atoms with Crippen molar-refractivity contribution < 1.29 is 9.53 Å². The first-order valence-corrected chi connectivity index (χ1v) is 8.65. The molecule has 26 heavy (non-hydrogen) atoms. The number of imidazole rings is 1.